The van der Waals surface area contributed by atoms with Crippen molar-refractivity contribution in [3.8, 4) is 39.9 Å². The zero-order valence-electron chi connectivity index (χ0n) is 27.9. The van der Waals surface area contributed by atoms with Crippen molar-refractivity contribution in [1.82, 2.24) is 19.5 Å². The molecule has 0 bridgehead atoms. The molecule has 3 heterocycles. The molecular weight excluding hydrogens is 637 g/mol. The fraction of sp³-hybridized carbons (Fsp3) is 0. The van der Waals surface area contributed by atoms with Crippen molar-refractivity contribution < 1.29 is 4.42 Å². The van der Waals surface area contributed by atoms with Crippen LogP contribution in [0.1, 0.15) is 0 Å². The Bertz CT molecular complexity index is 3190. The summed E-state index contributed by atoms with van der Waals surface area (Å²) in [4.78, 5) is 15.8. The molecule has 0 aliphatic rings. The predicted molar refractivity (Wildman–Crippen MR) is 213 cm³/mol. The Balaban J connectivity index is 1.22. The van der Waals surface area contributed by atoms with Crippen LogP contribution in [0.2, 0.25) is 0 Å². The first-order chi connectivity index (χ1) is 25.8. The molecule has 0 N–H and O–H groups in total. The van der Waals surface area contributed by atoms with Gasteiger partial charge in [-0.3, -0.25) is 0 Å². The smallest absolute Gasteiger partial charge is 0.164 e. The maximum Gasteiger partial charge on any atom is 0.164 e. The number of furan rings is 1. The lowest BCUT2D eigenvalue weighted by Gasteiger charge is -2.13. The quantitative estimate of drug-likeness (QED) is 0.176. The van der Waals surface area contributed by atoms with Crippen LogP contribution in [0.4, 0.5) is 0 Å². The Morgan fingerprint density at radius 2 is 1.02 bits per heavy atom. The molecule has 0 saturated heterocycles. The van der Waals surface area contributed by atoms with Crippen LogP contribution in [0.3, 0.4) is 0 Å². The first-order valence-electron chi connectivity index (χ1n) is 17.5. The van der Waals surface area contributed by atoms with Crippen molar-refractivity contribution >= 4 is 65.3 Å². The number of fused-ring (bicyclic) bond motifs is 9. The zero-order chi connectivity index (χ0) is 34.2. The third-order valence-electron chi connectivity index (χ3n) is 10.2. The lowest BCUT2D eigenvalue weighted by Crippen LogP contribution is -2.01. The molecule has 0 aliphatic heterocycles. The van der Waals surface area contributed by atoms with Crippen molar-refractivity contribution in [3.05, 3.63) is 170 Å². The zero-order valence-corrected chi connectivity index (χ0v) is 27.9. The molecule has 0 spiro atoms. The molecule has 5 heteroatoms. The van der Waals surface area contributed by atoms with Crippen LogP contribution in [0.25, 0.3) is 105 Å². The van der Waals surface area contributed by atoms with E-state index in [-0.39, 0.29) is 0 Å². The first kappa shape index (κ1) is 28.7. The molecule has 0 fully saturated rings. The van der Waals surface area contributed by atoms with Crippen molar-refractivity contribution in [2.45, 2.75) is 0 Å². The molecule has 3 aromatic heterocycles. The average Bonchev–Trinajstić information content (AvgIpc) is 3.76. The van der Waals surface area contributed by atoms with Gasteiger partial charge in [-0.15, -0.1) is 0 Å². The highest BCUT2D eigenvalue weighted by atomic mass is 16.3. The van der Waals surface area contributed by atoms with Crippen LogP contribution in [-0.4, -0.2) is 19.5 Å². The monoisotopic (exact) mass is 664 g/mol. The highest BCUT2D eigenvalue weighted by Crippen LogP contribution is 2.40. The van der Waals surface area contributed by atoms with Crippen molar-refractivity contribution in [1.29, 1.82) is 0 Å². The number of hydrogen-bond donors (Lipinski definition) is 0. The van der Waals surface area contributed by atoms with Gasteiger partial charge in [-0.2, -0.15) is 0 Å². The molecule has 0 aliphatic carbocycles. The van der Waals surface area contributed by atoms with Crippen molar-refractivity contribution in [3.63, 3.8) is 0 Å². The molecule has 0 radical (unpaired) electrons. The summed E-state index contributed by atoms with van der Waals surface area (Å²) in [6, 6.07) is 59.1. The van der Waals surface area contributed by atoms with Crippen molar-refractivity contribution in [2.24, 2.45) is 0 Å². The van der Waals surface area contributed by atoms with Gasteiger partial charge in [0, 0.05) is 43.9 Å². The summed E-state index contributed by atoms with van der Waals surface area (Å²) < 4.78 is 8.63. The predicted octanol–water partition coefficient (Wildman–Crippen LogP) is 12.2. The third kappa shape index (κ3) is 4.33. The van der Waals surface area contributed by atoms with Crippen molar-refractivity contribution in [2.75, 3.05) is 0 Å². The number of nitrogens with zero attached hydrogens (tertiary/aromatic N) is 4. The van der Waals surface area contributed by atoms with E-state index in [1.807, 2.05) is 30.3 Å². The van der Waals surface area contributed by atoms with Gasteiger partial charge in [-0.25, -0.2) is 15.0 Å². The van der Waals surface area contributed by atoms with Gasteiger partial charge in [0.15, 0.2) is 17.5 Å². The Kier molecular flexibility index (Phi) is 6.18. The van der Waals surface area contributed by atoms with E-state index in [4.69, 9.17) is 19.4 Å². The van der Waals surface area contributed by atoms with E-state index in [2.05, 4.69) is 144 Å². The second kappa shape index (κ2) is 11.2. The number of para-hydroxylation sites is 3. The van der Waals surface area contributed by atoms with Gasteiger partial charge in [-0.05, 0) is 64.0 Å². The Morgan fingerprint density at radius 1 is 0.385 bits per heavy atom. The standard InChI is InChI=1S/C47H28N4O/c1-2-14-31(15-3-1)51-40-22-10-8-19-35(40)36-26-25-30(28-41(36)51)45-48-46(38-21-12-24-43-44(38)37-20-9-11-23-42(37)52-43)50-47(49-45)39-27-29-13-4-5-16-32(29)33-17-6-7-18-34(33)39/h1-28H. The van der Waals surface area contributed by atoms with Crippen LogP contribution < -0.4 is 0 Å². The molecule has 0 unspecified atom stereocenters. The molecule has 52 heavy (non-hydrogen) atoms. The molecule has 8 aromatic carbocycles. The van der Waals surface area contributed by atoms with Crippen LogP contribution >= 0.6 is 0 Å². The Hall–Kier alpha value is -7.11. The summed E-state index contributed by atoms with van der Waals surface area (Å²) in [7, 11) is 0. The summed E-state index contributed by atoms with van der Waals surface area (Å²) in [5.74, 6) is 1.82. The summed E-state index contributed by atoms with van der Waals surface area (Å²) in [5.41, 5.74) is 7.74. The van der Waals surface area contributed by atoms with Gasteiger partial charge in [0.05, 0.1) is 11.0 Å². The molecule has 242 valence electrons. The number of aromatic nitrogens is 4. The fourth-order valence-electron chi connectivity index (χ4n) is 7.91. The van der Waals surface area contributed by atoms with E-state index in [9.17, 15) is 0 Å². The highest BCUT2D eigenvalue weighted by Gasteiger charge is 2.20. The summed E-state index contributed by atoms with van der Waals surface area (Å²) in [5, 5.41) is 8.98. The summed E-state index contributed by atoms with van der Waals surface area (Å²) >= 11 is 0. The van der Waals surface area contributed by atoms with E-state index < -0.39 is 0 Å². The van der Waals surface area contributed by atoms with E-state index in [0.717, 1.165) is 71.5 Å². The van der Waals surface area contributed by atoms with Gasteiger partial charge in [0.2, 0.25) is 0 Å². The molecule has 5 nitrogen and oxygen atoms in total. The largest absolute Gasteiger partial charge is 0.456 e. The van der Waals surface area contributed by atoms with Crippen LogP contribution in [-0.2, 0) is 0 Å². The molecule has 11 aromatic rings. The molecule has 11 rings (SSSR count). The summed E-state index contributed by atoms with van der Waals surface area (Å²) in [6.07, 6.45) is 0. The lowest BCUT2D eigenvalue weighted by atomic mass is 9.96. The van der Waals surface area contributed by atoms with Crippen LogP contribution in [0.15, 0.2) is 174 Å². The minimum atomic E-state index is 0.595. The van der Waals surface area contributed by atoms with E-state index >= 15 is 0 Å². The van der Waals surface area contributed by atoms with E-state index in [1.54, 1.807) is 0 Å². The van der Waals surface area contributed by atoms with E-state index in [0.29, 0.717) is 17.5 Å². The van der Waals surface area contributed by atoms with Crippen LogP contribution in [0, 0.1) is 0 Å². The maximum atomic E-state index is 6.31. The molecular formula is C47H28N4O. The SMILES string of the molecule is c1ccc(-n2c3ccccc3c3ccc(-c4nc(-c5cc6ccccc6c6ccccc56)nc(-c5cccc6oc7ccccc7c56)n4)cc32)cc1. The lowest BCUT2D eigenvalue weighted by molar-refractivity contribution is 0.669. The number of rotatable bonds is 4. The fourth-order valence-corrected chi connectivity index (χ4v) is 7.91. The second-order valence-electron chi connectivity index (χ2n) is 13.2. The number of benzene rings is 8. The molecule has 0 saturated carbocycles. The molecule has 0 atom stereocenters. The third-order valence-corrected chi connectivity index (χ3v) is 10.2. The first-order valence-corrected chi connectivity index (χ1v) is 17.5. The minimum absolute atomic E-state index is 0.595. The van der Waals surface area contributed by atoms with Gasteiger partial charge in [-0.1, -0.05) is 127 Å². The maximum absolute atomic E-state index is 6.31. The van der Waals surface area contributed by atoms with Gasteiger partial charge in [0.1, 0.15) is 11.2 Å². The topological polar surface area (TPSA) is 56.7 Å². The average molecular weight is 665 g/mol. The van der Waals surface area contributed by atoms with Gasteiger partial charge in [0.25, 0.3) is 0 Å². The number of hydrogen-bond acceptors (Lipinski definition) is 4. The Morgan fingerprint density at radius 3 is 1.88 bits per heavy atom. The van der Waals surface area contributed by atoms with Gasteiger partial charge < -0.3 is 8.98 Å². The Labute approximate surface area is 298 Å². The van der Waals surface area contributed by atoms with Crippen LogP contribution in [0.5, 0.6) is 0 Å². The van der Waals surface area contributed by atoms with Gasteiger partial charge >= 0.3 is 0 Å². The van der Waals surface area contributed by atoms with E-state index in [1.165, 1.54) is 16.2 Å². The second-order valence-corrected chi connectivity index (χ2v) is 13.2. The highest BCUT2D eigenvalue weighted by molar-refractivity contribution is 6.14. The molecule has 0 amide bonds. The summed E-state index contributed by atoms with van der Waals surface area (Å²) in [6.45, 7) is 0. The minimum Gasteiger partial charge on any atom is -0.456 e. The normalized spacial score (nSPS) is 11.8.